The molecule has 0 fully saturated rings. The summed E-state index contributed by atoms with van der Waals surface area (Å²) >= 11 is 6.18. The van der Waals surface area contributed by atoms with Gasteiger partial charge in [0, 0.05) is 6.54 Å². The van der Waals surface area contributed by atoms with Gasteiger partial charge in [0.1, 0.15) is 0 Å². The van der Waals surface area contributed by atoms with E-state index in [2.05, 4.69) is 23.7 Å². The summed E-state index contributed by atoms with van der Waals surface area (Å²) in [4.78, 5) is 6.47. The molecule has 0 unspecified atom stereocenters. The van der Waals surface area contributed by atoms with Crippen molar-refractivity contribution in [3.05, 3.63) is 28.8 Å². The highest BCUT2D eigenvalue weighted by molar-refractivity contribution is 6.33. The molecular weight excluding hydrogens is 272 g/mol. The fourth-order valence-corrected chi connectivity index (χ4v) is 2.44. The van der Waals surface area contributed by atoms with Crippen molar-refractivity contribution in [2.45, 2.75) is 33.1 Å². The number of nitrogens with two attached hydrogens (primary N) is 2. The van der Waals surface area contributed by atoms with Gasteiger partial charge in [-0.15, -0.1) is 0 Å². The SMILES string of the molecule is CCCN(CCC)CCc1ccc(N=C(N)N)c(Cl)c1. The van der Waals surface area contributed by atoms with Crippen molar-refractivity contribution in [3.63, 3.8) is 0 Å². The van der Waals surface area contributed by atoms with E-state index in [-0.39, 0.29) is 5.96 Å². The molecule has 0 spiro atoms. The van der Waals surface area contributed by atoms with E-state index in [0.29, 0.717) is 10.7 Å². The zero-order chi connectivity index (χ0) is 15.0. The monoisotopic (exact) mass is 296 g/mol. The van der Waals surface area contributed by atoms with E-state index in [4.69, 9.17) is 23.1 Å². The highest BCUT2D eigenvalue weighted by Gasteiger charge is 2.05. The van der Waals surface area contributed by atoms with E-state index in [9.17, 15) is 0 Å². The van der Waals surface area contributed by atoms with Gasteiger partial charge in [-0.2, -0.15) is 0 Å². The first-order valence-corrected chi connectivity index (χ1v) is 7.55. The zero-order valence-electron chi connectivity index (χ0n) is 12.4. The Hall–Kier alpha value is -1.26. The molecule has 1 rings (SSSR count). The Morgan fingerprint density at radius 3 is 2.30 bits per heavy atom. The van der Waals surface area contributed by atoms with Gasteiger partial charge in [-0.25, -0.2) is 4.99 Å². The lowest BCUT2D eigenvalue weighted by molar-refractivity contribution is 0.278. The summed E-state index contributed by atoms with van der Waals surface area (Å²) in [5.41, 5.74) is 12.5. The molecule has 20 heavy (non-hydrogen) atoms. The van der Waals surface area contributed by atoms with Crippen molar-refractivity contribution in [1.82, 2.24) is 4.90 Å². The van der Waals surface area contributed by atoms with E-state index >= 15 is 0 Å². The van der Waals surface area contributed by atoms with Crippen LogP contribution in [-0.2, 0) is 6.42 Å². The molecule has 0 saturated carbocycles. The van der Waals surface area contributed by atoms with Crippen LogP contribution in [0.15, 0.2) is 23.2 Å². The average Bonchev–Trinajstić information content (AvgIpc) is 2.39. The number of aliphatic imine (C=N–C) groups is 1. The van der Waals surface area contributed by atoms with Crippen molar-refractivity contribution in [2.75, 3.05) is 19.6 Å². The first kappa shape index (κ1) is 16.8. The summed E-state index contributed by atoms with van der Waals surface area (Å²) < 4.78 is 0. The summed E-state index contributed by atoms with van der Waals surface area (Å²) in [5, 5.41) is 0.591. The molecule has 0 heterocycles. The molecule has 0 atom stereocenters. The van der Waals surface area contributed by atoms with Crippen molar-refractivity contribution in [3.8, 4) is 0 Å². The highest BCUT2D eigenvalue weighted by Crippen LogP contribution is 2.25. The molecule has 0 aliphatic rings. The van der Waals surface area contributed by atoms with E-state index in [1.807, 2.05) is 18.2 Å². The van der Waals surface area contributed by atoms with Crippen LogP contribution >= 0.6 is 11.6 Å². The van der Waals surface area contributed by atoms with Gasteiger partial charge in [-0.1, -0.05) is 31.5 Å². The minimum Gasteiger partial charge on any atom is -0.370 e. The normalized spacial score (nSPS) is 10.8. The molecule has 0 aliphatic carbocycles. The number of rotatable bonds is 8. The second-order valence-electron chi connectivity index (χ2n) is 4.91. The molecule has 1 aromatic carbocycles. The van der Waals surface area contributed by atoms with Gasteiger partial charge < -0.3 is 16.4 Å². The molecule has 4 nitrogen and oxygen atoms in total. The maximum atomic E-state index is 6.18. The molecule has 0 saturated heterocycles. The topological polar surface area (TPSA) is 67.6 Å². The van der Waals surface area contributed by atoms with Crippen molar-refractivity contribution in [1.29, 1.82) is 0 Å². The second-order valence-corrected chi connectivity index (χ2v) is 5.32. The number of guanidine groups is 1. The maximum absolute atomic E-state index is 6.18. The van der Waals surface area contributed by atoms with Crippen LogP contribution in [0.5, 0.6) is 0 Å². The fraction of sp³-hybridized carbons (Fsp3) is 0.533. The van der Waals surface area contributed by atoms with Crippen LogP contribution in [0.3, 0.4) is 0 Å². The van der Waals surface area contributed by atoms with Crippen molar-refractivity contribution < 1.29 is 0 Å². The Morgan fingerprint density at radius 1 is 1.15 bits per heavy atom. The van der Waals surface area contributed by atoms with Gasteiger partial charge in [0.15, 0.2) is 5.96 Å². The number of hydrogen-bond donors (Lipinski definition) is 2. The third kappa shape index (κ3) is 5.80. The quantitative estimate of drug-likeness (QED) is 0.572. The Kier molecular flexibility index (Phi) is 7.41. The van der Waals surface area contributed by atoms with Crippen LogP contribution in [0.4, 0.5) is 5.69 Å². The number of hydrogen-bond acceptors (Lipinski definition) is 2. The molecule has 0 amide bonds. The van der Waals surface area contributed by atoms with Gasteiger partial charge in [0.05, 0.1) is 10.7 Å². The Labute approximate surface area is 126 Å². The van der Waals surface area contributed by atoms with E-state index < -0.39 is 0 Å². The van der Waals surface area contributed by atoms with Crippen LogP contribution in [0, 0.1) is 0 Å². The molecule has 0 aromatic heterocycles. The van der Waals surface area contributed by atoms with Gasteiger partial charge in [-0.3, -0.25) is 0 Å². The average molecular weight is 297 g/mol. The van der Waals surface area contributed by atoms with E-state index in [1.54, 1.807) is 0 Å². The van der Waals surface area contributed by atoms with Crippen molar-refractivity contribution >= 4 is 23.2 Å². The fourth-order valence-electron chi connectivity index (χ4n) is 2.19. The number of nitrogens with zero attached hydrogens (tertiary/aromatic N) is 2. The standard InChI is InChI=1S/C15H25ClN4/c1-3-8-20(9-4-2)10-7-12-5-6-14(13(16)11-12)19-15(17)18/h5-6,11H,3-4,7-10H2,1-2H3,(H4,17,18,19). The van der Waals surface area contributed by atoms with Crippen LogP contribution < -0.4 is 11.5 Å². The third-order valence-electron chi connectivity index (χ3n) is 3.06. The highest BCUT2D eigenvalue weighted by atomic mass is 35.5. The summed E-state index contributed by atoms with van der Waals surface area (Å²) in [5.74, 6) is 0.0247. The molecular formula is C15H25ClN4. The first-order chi connectivity index (χ1) is 9.56. The third-order valence-corrected chi connectivity index (χ3v) is 3.36. The lowest BCUT2D eigenvalue weighted by Gasteiger charge is -2.20. The number of halogens is 1. The minimum absolute atomic E-state index is 0.0247. The van der Waals surface area contributed by atoms with Gasteiger partial charge in [-0.05, 0) is 50.0 Å². The van der Waals surface area contributed by atoms with Gasteiger partial charge in [0.2, 0.25) is 0 Å². The Bertz CT molecular complexity index is 435. The lowest BCUT2D eigenvalue weighted by Crippen LogP contribution is -2.27. The van der Waals surface area contributed by atoms with E-state index in [0.717, 1.165) is 26.1 Å². The number of benzene rings is 1. The van der Waals surface area contributed by atoms with Gasteiger partial charge >= 0.3 is 0 Å². The van der Waals surface area contributed by atoms with Crippen LogP contribution in [0.1, 0.15) is 32.3 Å². The Morgan fingerprint density at radius 2 is 1.80 bits per heavy atom. The summed E-state index contributed by atoms with van der Waals surface area (Å²) in [6.45, 7) is 7.77. The smallest absolute Gasteiger partial charge is 0.191 e. The van der Waals surface area contributed by atoms with Gasteiger partial charge in [0.25, 0.3) is 0 Å². The molecule has 112 valence electrons. The second kappa shape index (κ2) is 8.82. The summed E-state index contributed by atoms with van der Waals surface area (Å²) in [7, 11) is 0. The molecule has 0 radical (unpaired) electrons. The summed E-state index contributed by atoms with van der Waals surface area (Å²) in [6, 6.07) is 5.84. The molecule has 0 aliphatic heterocycles. The minimum atomic E-state index is 0.0247. The van der Waals surface area contributed by atoms with E-state index in [1.165, 1.54) is 18.4 Å². The molecule has 0 bridgehead atoms. The predicted octanol–water partition coefficient (Wildman–Crippen LogP) is 2.91. The van der Waals surface area contributed by atoms with Crippen LogP contribution in [0.2, 0.25) is 5.02 Å². The van der Waals surface area contributed by atoms with Crippen LogP contribution in [0.25, 0.3) is 0 Å². The zero-order valence-corrected chi connectivity index (χ0v) is 13.2. The Balaban J connectivity index is 2.64. The van der Waals surface area contributed by atoms with Crippen LogP contribution in [-0.4, -0.2) is 30.5 Å². The largest absolute Gasteiger partial charge is 0.370 e. The molecule has 4 N–H and O–H groups in total. The molecule has 5 heteroatoms. The molecule has 1 aromatic rings. The predicted molar refractivity (Wildman–Crippen MR) is 87.6 cm³/mol. The van der Waals surface area contributed by atoms with Crippen molar-refractivity contribution in [2.24, 2.45) is 16.5 Å². The lowest BCUT2D eigenvalue weighted by atomic mass is 10.1. The maximum Gasteiger partial charge on any atom is 0.191 e. The first-order valence-electron chi connectivity index (χ1n) is 7.17. The summed E-state index contributed by atoms with van der Waals surface area (Å²) in [6.07, 6.45) is 3.36.